The van der Waals surface area contributed by atoms with Crippen LogP contribution in [0.25, 0.3) is 17.5 Å². The monoisotopic (exact) mass is 768 g/mol. The number of rotatable bonds is 7. The van der Waals surface area contributed by atoms with Crippen LogP contribution in [0.4, 0.5) is 4.79 Å². The van der Waals surface area contributed by atoms with E-state index in [-0.39, 0.29) is 37.3 Å². The summed E-state index contributed by atoms with van der Waals surface area (Å²) in [5, 5.41) is 18.3. The highest BCUT2D eigenvalue weighted by atomic mass is 32.2. The van der Waals surface area contributed by atoms with Crippen LogP contribution in [-0.4, -0.2) is 100 Å². The maximum absolute atomic E-state index is 14.6. The van der Waals surface area contributed by atoms with E-state index >= 15 is 0 Å². The summed E-state index contributed by atoms with van der Waals surface area (Å²) < 4.78 is 38.9. The summed E-state index contributed by atoms with van der Waals surface area (Å²) in [5.41, 5.74) is -1.14. The fourth-order valence-corrected chi connectivity index (χ4v) is 8.62. The largest absolute Gasteiger partial charge is 0.496 e. The number of carbonyl (C=O) groups is 4. The zero-order valence-electron chi connectivity index (χ0n) is 32.0. The first-order chi connectivity index (χ1) is 25.4. The van der Waals surface area contributed by atoms with Crippen molar-refractivity contribution >= 4 is 39.9 Å². The number of methoxy groups -OCH3 is 1. The number of ether oxygens (including phenoxy) is 2. The van der Waals surface area contributed by atoms with Gasteiger partial charge in [0, 0.05) is 24.1 Å². The van der Waals surface area contributed by atoms with E-state index in [1.165, 1.54) is 9.70 Å². The van der Waals surface area contributed by atoms with Crippen molar-refractivity contribution in [3.8, 4) is 17.1 Å². The number of nitrogens with zero attached hydrogens (tertiary/aromatic N) is 5. The highest BCUT2D eigenvalue weighted by molar-refractivity contribution is 7.91. The lowest BCUT2D eigenvalue weighted by Crippen LogP contribution is -2.60. The molecule has 1 aromatic carbocycles. The molecule has 6 rings (SSSR count). The molecule has 2 aliphatic carbocycles. The van der Waals surface area contributed by atoms with Crippen LogP contribution in [0.15, 0.2) is 24.3 Å². The second-order valence-corrected chi connectivity index (χ2v) is 18.8. The highest BCUT2D eigenvalue weighted by Crippen LogP contribution is 2.47. The summed E-state index contributed by atoms with van der Waals surface area (Å²) in [5.74, 6) is -1.22. The minimum atomic E-state index is -3.87. The van der Waals surface area contributed by atoms with Crippen molar-refractivity contribution < 1.29 is 37.1 Å². The zero-order valence-corrected chi connectivity index (χ0v) is 32.9. The van der Waals surface area contributed by atoms with Gasteiger partial charge >= 0.3 is 6.09 Å². The molecular formula is C37H52N8O8S. The molecule has 17 heteroatoms. The Labute approximate surface area is 316 Å². The molecule has 54 heavy (non-hydrogen) atoms. The van der Waals surface area contributed by atoms with Crippen LogP contribution in [0.2, 0.25) is 0 Å². The summed E-state index contributed by atoms with van der Waals surface area (Å²) in [7, 11) is -2.28. The lowest BCUT2D eigenvalue weighted by Gasteiger charge is -2.35. The van der Waals surface area contributed by atoms with Crippen LogP contribution in [0.3, 0.4) is 0 Å². The third-order valence-corrected chi connectivity index (χ3v) is 12.7. The Morgan fingerprint density at radius 1 is 1.17 bits per heavy atom. The first-order valence-corrected chi connectivity index (χ1v) is 20.2. The molecule has 1 aromatic heterocycles. The van der Waals surface area contributed by atoms with E-state index in [4.69, 9.17) is 9.47 Å². The molecular weight excluding hydrogens is 717 g/mol. The quantitative estimate of drug-likeness (QED) is 0.373. The predicted octanol–water partition coefficient (Wildman–Crippen LogP) is 3.36. The number of allylic oxidation sites excluding steroid dienone is 1. The van der Waals surface area contributed by atoms with E-state index in [1.807, 2.05) is 51.1 Å². The number of carbonyl (C=O) groups excluding carboxylic acids is 4. The van der Waals surface area contributed by atoms with Gasteiger partial charge in [0.25, 0.3) is 5.91 Å². The van der Waals surface area contributed by atoms with Crippen LogP contribution in [-0.2, 0) is 29.1 Å². The molecule has 1 saturated heterocycles. The number of fused-ring (bicyclic) bond motifs is 8. The van der Waals surface area contributed by atoms with Crippen molar-refractivity contribution in [2.75, 3.05) is 20.3 Å². The number of aromatic nitrogens is 4. The zero-order chi connectivity index (χ0) is 39.2. The Kier molecular flexibility index (Phi) is 10.6. The number of cyclic esters (lactones) is 1. The van der Waals surface area contributed by atoms with Crippen molar-refractivity contribution in [1.82, 2.24) is 40.5 Å². The number of sulfonamides is 1. The van der Waals surface area contributed by atoms with E-state index in [1.54, 1.807) is 27.9 Å². The van der Waals surface area contributed by atoms with Gasteiger partial charge in [0.05, 0.1) is 25.0 Å². The van der Waals surface area contributed by atoms with Gasteiger partial charge in [-0.2, -0.15) is 4.80 Å². The van der Waals surface area contributed by atoms with E-state index < -0.39 is 68.2 Å². The number of amides is 4. The molecule has 4 aliphatic rings. The molecule has 4 amide bonds. The summed E-state index contributed by atoms with van der Waals surface area (Å²) in [4.78, 5) is 58.5. The normalized spacial score (nSPS) is 27.9. The van der Waals surface area contributed by atoms with E-state index in [0.29, 0.717) is 49.2 Å². The van der Waals surface area contributed by atoms with Crippen molar-refractivity contribution in [3.63, 3.8) is 0 Å². The molecule has 3 N–H and O–H groups in total. The summed E-state index contributed by atoms with van der Waals surface area (Å²) >= 11 is 0. The minimum absolute atomic E-state index is 0.00782. The number of benzene rings is 1. The van der Waals surface area contributed by atoms with Gasteiger partial charge in [0.1, 0.15) is 23.4 Å². The van der Waals surface area contributed by atoms with Gasteiger partial charge in [-0.1, -0.05) is 60.1 Å². The Morgan fingerprint density at radius 2 is 1.91 bits per heavy atom. The van der Waals surface area contributed by atoms with Crippen molar-refractivity contribution in [2.24, 2.45) is 16.7 Å². The third-order valence-electron chi connectivity index (χ3n) is 10.9. The highest BCUT2D eigenvalue weighted by Gasteiger charge is 2.62. The number of tetrazole rings is 1. The molecule has 0 spiro atoms. The van der Waals surface area contributed by atoms with Crippen molar-refractivity contribution in [2.45, 2.75) is 115 Å². The molecule has 2 aliphatic heterocycles. The van der Waals surface area contributed by atoms with Gasteiger partial charge in [-0.15, -0.1) is 10.2 Å². The Bertz CT molecular complexity index is 1930. The third kappa shape index (κ3) is 8.25. The fraction of sp³-hybridized carbons (Fsp3) is 0.649. The number of hydrogen-bond acceptors (Lipinski definition) is 11. The van der Waals surface area contributed by atoms with Gasteiger partial charge in [0.2, 0.25) is 27.7 Å². The summed E-state index contributed by atoms with van der Waals surface area (Å²) in [6, 6.07) is 2.73. The van der Waals surface area contributed by atoms with Crippen LogP contribution < -0.4 is 20.1 Å². The van der Waals surface area contributed by atoms with E-state index in [2.05, 4.69) is 30.8 Å². The average molecular weight is 769 g/mol. The van der Waals surface area contributed by atoms with Crippen LogP contribution in [0.1, 0.15) is 98.1 Å². The first kappa shape index (κ1) is 39.2. The summed E-state index contributed by atoms with van der Waals surface area (Å²) in [6.45, 7) is 11.4. The van der Waals surface area contributed by atoms with Crippen LogP contribution in [0, 0.1) is 16.7 Å². The molecule has 5 atom stereocenters. The second kappa shape index (κ2) is 14.6. The molecule has 3 fully saturated rings. The van der Waals surface area contributed by atoms with Crippen LogP contribution in [0.5, 0.6) is 5.75 Å². The number of hydrogen-bond donors (Lipinski definition) is 3. The molecule has 2 saturated carbocycles. The van der Waals surface area contributed by atoms with E-state index in [0.717, 1.165) is 5.56 Å². The number of alkyl carbamates (subject to hydrolysis) is 1. The number of nitrogens with one attached hydrogen (secondary N) is 3. The Hall–Kier alpha value is -4.54. The fourth-order valence-electron chi connectivity index (χ4n) is 7.26. The second-order valence-electron chi connectivity index (χ2n) is 16.9. The Balaban J connectivity index is 1.35. The Morgan fingerprint density at radius 3 is 2.56 bits per heavy atom. The molecule has 294 valence electrons. The smallest absolute Gasteiger partial charge is 0.407 e. The van der Waals surface area contributed by atoms with Crippen molar-refractivity contribution in [3.05, 3.63) is 29.8 Å². The van der Waals surface area contributed by atoms with Gasteiger partial charge in [-0.05, 0) is 72.3 Å². The van der Waals surface area contributed by atoms with Gasteiger partial charge < -0.3 is 25.0 Å². The molecule has 2 aromatic rings. The first-order valence-electron chi connectivity index (χ1n) is 18.6. The maximum atomic E-state index is 14.6. The minimum Gasteiger partial charge on any atom is -0.496 e. The molecule has 0 radical (unpaired) electrons. The SMILES string of the molecule is CC[C@@H]1C[C@]1(NC(=O)[C@@H]1C[C@@H]2CN1C(=O)[C@H](C(C)(C)C)NC(=O)OCC(C)(C)CC/C=C\c1cc(ccc1OC)-c1nnn2n1)C(=O)NS(=O)(=O)C1CC1. The summed E-state index contributed by atoms with van der Waals surface area (Å²) in [6.07, 6.45) is 6.42. The van der Waals surface area contributed by atoms with E-state index in [9.17, 15) is 27.6 Å². The predicted molar refractivity (Wildman–Crippen MR) is 198 cm³/mol. The van der Waals surface area contributed by atoms with Gasteiger partial charge in [-0.25, -0.2) is 13.2 Å². The maximum Gasteiger partial charge on any atom is 0.407 e. The standard InChI is InChI=1S/C37H52N8O8S/c1-8-24-19-37(24,33(48)42-54(50,51)26-13-14-26)39-31(46)27-18-25-20-44(27)32(47)29(35(2,3)4)38-34(49)53-21-36(5,6)16-10-9-11-22-17-23(12-15-28(22)52-7)30-40-43-45(25)41-30/h9,11-12,15,17,24-27,29H,8,10,13-14,16,18-21H2,1-7H3,(H,38,49)(H,39,46)(H,42,48)/b11-9-/t24-,25-,27+,29-,37-/m1/s1. The molecule has 0 unspecified atom stereocenters. The lowest BCUT2D eigenvalue weighted by molar-refractivity contribution is -0.142. The van der Waals surface area contributed by atoms with Gasteiger partial charge in [0.15, 0.2) is 0 Å². The molecule has 16 nitrogen and oxygen atoms in total. The van der Waals surface area contributed by atoms with Crippen molar-refractivity contribution in [1.29, 1.82) is 0 Å². The molecule has 6 bridgehead atoms. The average Bonchev–Trinajstić information content (AvgIpc) is 3.99. The topological polar surface area (TPSA) is 204 Å². The van der Waals surface area contributed by atoms with Gasteiger partial charge in [-0.3, -0.25) is 19.1 Å². The lowest BCUT2D eigenvalue weighted by atomic mass is 9.85. The van der Waals surface area contributed by atoms with Crippen LogP contribution >= 0.6 is 0 Å². The molecule has 3 heterocycles.